The number of hydrogen-bond acceptors (Lipinski definition) is 2. The van der Waals surface area contributed by atoms with E-state index in [-0.39, 0.29) is 11.7 Å². The average Bonchev–Trinajstić information content (AvgIpc) is 2.51. The van der Waals surface area contributed by atoms with Gasteiger partial charge in [0, 0.05) is 11.5 Å². The lowest BCUT2D eigenvalue weighted by Gasteiger charge is -2.13. The van der Waals surface area contributed by atoms with Gasteiger partial charge in [-0.3, -0.25) is 0 Å². The van der Waals surface area contributed by atoms with E-state index in [0.29, 0.717) is 16.4 Å². The molecule has 84 valence electrons. The van der Waals surface area contributed by atoms with E-state index in [9.17, 15) is 8.42 Å². The number of terminal acetylenes is 1. The molecule has 3 heteroatoms. The van der Waals surface area contributed by atoms with Crippen molar-refractivity contribution in [1.29, 1.82) is 0 Å². The van der Waals surface area contributed by atoms with Crippen molar-refractivity contribution >= 4 is 9.84 Å². The van der Waals surface area contributed by atoms with Crippen LogP contribution < -0.4 is 0 Å². The van der Waals surface area contributed by atoms with Gasteiger partial charge < -0.3 is 0 Å². The maximum Gasteiger partial charge on any atom is 0.179 e. The highest BCUT2D eigenvalue weighted by molar-refractivity contribution is 7.91. The van der Waals surface area contributed by atoms with Gasteiger partial charge >= 0.3 is 0 Å². The first-order chi connectivity index (χ1) is 7.45. The third-order valence-corrected chi connectivity index (χ3v) is 4.94. The van der Waals surface area contributed by atoms with Gasteiger partial charge in [0.1, 0.15) is 0 Å². The number of benzene rings is 1. The Kier molecular flexibility index (Phi) is 2.55. The maximum atomic E-state index is 12.0. The van der Waals surface area contributed by atoms with Gasteiger partial charge in [-0.2, -0.15) is 0 Å². The fourth-order valence-electron chi connectivity index (χ4n) is 2.17. The largest absolute Gasteiger partial charge is 0.224 e. The lowest BCUT2D eigenvalue weighted by atomic mass is 9.90. The zero-order chi connectivity index (χ0) is 11.9. The molecule has 0 N–H and O–H groups in total. The molecule has 2 rings (SSSR count). The predicted octanol–water partition coefficient (Wildman–Crippen LogP) is 2.19. The van der Waals surface area contributed by atoms with E-state index < -0.39 is 9.84 Å². The Bertz CT molecular complexity index is 562. The molecule has 0 spiro atoms. The van der Waals surface area contributed by atoms with Crippen molar-refractivity contribution in [2.75, 3.05) is 5.75 Å². The van der Waals surface area contributed by atoms with E-state index in [1.165, 1.54) is 0 Å². The van der Waals surface area contributed by atoms with E-state index in [1.807, 2.05) is 26.0 Å². The second-order valence-corrected chi connectivity index (χ2v) is 6.53. The summed E-state index contributed by atoms with van der Waals surface area (Å²) in [6, 6.07) is 5.29. The standard InChI is InChI=1S/C13H14O2S/c1-4-10-5-6-11-12(9(2)3)8-16(14,15)13(11)7-10/h1,5-7,9,12H,8H2,2-3H3/t12-/m0/s1. The number of hydrogen-bond donors (Lipinski definition) is 0. The molecule has 16 heavy (non-hydrogen) atoms. The zero-order valence-electron chi connectivity index (χ0n) is 9.40. The molecule has 0 unspecified atom stereocenters. The Hall–Kier alpha value is -1.27. The van der Waals surface area contributed by atoms with Crippen molar-refractivity contribution in [3.8, 4) is 12.3 Å². The molecule has 0 saturated heterocycles. The van der Waals surface area contributed by atoms with Gasteiger partial charge in [0.25, 0.3) is 0 Å². The van der Waals surface area contributed by atoms with Crippen LogP contribution in [0.25, 0.3) is 0 Å². The molecule has 0 amide bonds. The minimum absolute atomic E-state index is 0.104. The maximum absolute atomic E-state index is 12.0. The monoisotopic (exact) mass is 234 g/mol. The summed E-state index contributed by atoms with van der Waals surface area (Å²) in [5.74, 6) is 3.12. The highest BCUT2D eigenvalue weighted by atomic mass is 32.2. The third-order valence-electron chi connectivity index (χ3n) is 3.12. The van der Waals surface area contributed by atoms with E-state index in [0.717, 1.165) is 5.56 Å². The van der Waals surface area contributed by atoms with Crippen LogP contribution in [0.15, 0.2) is 23.1 Å². The van der Waals surface area contributed by atoms with Crippen LogP contribution in [-0.2, 0) is 9.84 Å². The number of fused-ring (bicyclic) bond motifs is 1. The van der Waals surface area contributed by atoms with Crippen LogP contribution in [0.3, 0.4) is 0 Å². The van der Waals surface area contributed by atoms with E-state index in [1.54, 1.807) is 6.07 Å². The molecule has 1 aliphatic heterocycles. The lowest BCUT2D eigenvalue weighted by Crippen LogP contribution is -2.09. The van der Waals surface area contributed by atoms with Crippen LogP contribution in [-0.4, -0.2) is 14.2 Å². The van der Waals surface area contributed by atoms with Crippen molar-refractivity contribution in [3.63, 3.8) is 0 Å². The van der Waals surface area contributed by atoms with E-state index in [2.05, 4.69) is 5.92 Å². The van der Waals surface area contributed by atoms with Gasteiger partial charge in [0.05, 0.1) is 10.6 Å². The van der Waals surface area contributed by atoms with Crippen LogP contribution >= 0.6 is 0 Å². The third kappa shape index (κ3) is 1.64. The highest BCUT2D eigenvalue weighted by Gasteiger charge is 2.36. The van der Waals surface area contributed by atoms with Crippen molar-refractivity contribution in [3.05, 3.63) is 29.3 Å². The molecular weight excluding hydrogens is 220 g/mol. The summed E-state index contributed by atoms with van der Waals surface area (Å²) in [5.41, 5.74) is 1.56. The first kappa shape index (κ1) is 11.2. The molecule has 1 aromatic rings. The number of sulfone groups is 1. The van der Waals surface area contributed by atoms with Gasteiger partial charge in [-0.1, -0.05) is 25.8 Å². The lowest BCUT2D eigenvalue weighted by molar-refractivity contribution is 0.534. The van der Waals surface area contributed by atoms with Crippen LogP contribution in [0.4, 0.5) is 0 Å². The highest BCUT2D eigenvalue weighted by Crippen LogP contribution is 2.39. The Morgan fingerprint density at radius 3 is 2.69 bits per heavy atom. The summed E-state index contributed by atoms with van der Waals surface area (Å²) >= 11 is 0. The molecule has 1 heterocycles. The normalized spacial score (nSPS) is 21.8. The minimum Gasteiger partial charge on any atom is -0.224 e. The van der Waals surface area contributed by atoms with Gasteiger partial charge in [-0.15, -0.1) is 6.42 Å². The molecule has 0 bridgehead atoms. The molecule has 1 atom stereocenters. The molecule has 0 radical (unpaired) electrons. The Morgan fingerprint density at radius 2 is 2.12 bits per heavy atom. The van der Waals surface area contributed by atoms with E-state index >= 15 is 0 Å². The first-order valence-electron chi connectivity index (χ1n) is 5.29. The van der Waals surface area contributed by atoms with Gasteiger partial charge in [-0.25, -0.2) is 8.42 Å². The van der Waals surface area contributed by atoms with Gasteiger partial charge in [0.15, 0.2) is 9.84 Å². The summed E-state index contributed by atoms with van der Waals surface area (Å²) in [7, 11) is -3.13. The van der Waals surface area contributed by atoms with Crippen molar-refractivity contribution in [2.45, 2.75) is 24.7 Å². The molecule has 0 aromatic heterocycles. The fourth-order valence-corrected chi connectivity index (χ4v) is 4.27. The van der Waals surface area contributed by atoms with Crippen LogP contribution in [0, 0.1) is 18.3 Å². The first-order valence-corrected chi connectivity index (χ1v) is 6.94. The van der Waals surface area contributed by atoms with Gasteiger partial charge in [0.2, 0.25) is 0 Å². The smallest absolute Gasteiger partial charge is 0.179 e. The number of rotatable bonds is 1. The van der Waals surface area contributed by atoms with Crippen LogP contribution in [0.2, 0.25) is 0 Å². The summed E-state index contributed by atoms with van der Waals surface area (Å²) in [6.07, 6.45) is 5.28. The predicted molar refractivity (Wildman–Crippen MR) is 64.0 cm³/mol. The second kappa shape index (κ2) is 3.64. The van der Waals surface area contributed by atoms with Crippen molar-refractivity contribution in [1.82, 2.24) is 0 Å². The van der Waals surface area contributed by atoms with Crippen LogP contribution in [0.5, 0.6) is 0 Å². The van der Waals surface area contributed by atoms with Crippen molar-refractivity contribution < 1.29 is 8.42 Å². The summed E-state index contributed by atoms with van der Waals surface area (Å²) in [5, 5.41) is 0. The van der Waals surface area contributed by atoms with Crippen molar-refractivity contribution in [2.24, 2.45) is 5.92 Å². The SMILES string of the molecule is C#Cc1ccc2c(c1)S(=O)(=O)C[C@H]2C(C)C. The quantitative estimate of drug-likeness (QED) is 0.698. The molecule has 1 aliphatic rings. The summed E-state index contributed by atoms with van der Waals surface area (Å²) in [6.45, 7) is 4.09. The molecule has 0 saturated carbocycles. The van der Waals surface area contributed by atoms with E-state index in [4.69, 9.17) is 6.42 Å². The second-order valence-electron chi connectivity index (χ2n) is 4.53. The summed E-state index contributed by atoms with van der Waals surface area (Å²) < 4.78 is 23.9. The van der Waals surface area contributed by atoms with Gasteiger partial charge in [-0.05, 0) is 23.6 Å². The Balaban J connectivity index is 2.64. The molecule has 0 fully saturated rings. The summed E-state index contributed by atoms with van der Waals surface area (Å²) in [4.78, 5) is 0.432. The molecule has 2 nitrogen and oxygen atoms in total. The molecular formula is C13H14O2S. The molecule has 1 aromatic carbocycles. The molecule has 0 aliphatic carbocycles. The topological polar surface area (TPSA) is 34.1 Å². The fraction of sp³-hybridized carbons (Fsp3) is 0.385. The Morgan fingerprint density at radius 1 is 1.44 bits per heavy atom. The minimum atomic E-state index is -3.13. The zero-order valence-corrected chi connectivity index (χ0v) is 10.2. The van der Waals surface area contributed by atoms with Crippen LogP contribution in [0.1, 0.15) is 30.9 Å². The Labute approximate surface area is 96.6 Å². The average molecular weight is 234 g/mol.